The highest BCUT2D eigenvalue weighted by Gasteiger charge is 2.16. The molecule has 0 bridgehead atoms. The van der Waals surface area contributed by atoms with E-state index in [-0.39, 0.29) is 18.4 Å². The second kappa shape index (κ2) is 6.41. The smallest absolute Gasteiger partial charge is 0.244 e. The standard InChI is InChI=1S/C15H22N4O/c1-11-7-12(2)9-13(8-11)18-15(16)17-10-14(20)19-5-3-4-6-19/h7-9H,3-6,10H2,1-2H3,(H3,16,17,18). The van der Waals surface area contributed by atoms with E-state index in [1.54, 1.807) is 0 Å². The van der Waals surface area contributed by atoms with Crippen molar-refractivity contribution >= 4 is 17.6 Å². The van der Waals surface area contributed by atoms with E-state index in [9.17, 15) is 4.79 Å². The lowest BCUT2D eigenvalue weighted by molar-refractivity contribution is -0.128. The largest absolute Gasteiger partial charge is 0.370 e. The molecular weight excluding hydrogens is 252 g/mol. The molecule has 1 fully saturated rings. The molecule has 0 unspecified atom stereocenters. The number of guanidine groups is 1. The number of anilines is 1. The molecular formula is C15H22N4O. The highest BCUT2D eigenvalue weighted by molar-refractivity contribution is 5.94. The van der Waals surface area contributed by atoms with Gasteiger partial charge in [-0.1, -0.05) is 6.07 Å². The first kappa shape index (κ1) is 14.4. The summed E-state index contributed by atoms with van der Waals surface area (Å²) in [5, 5.41) is 3.03. The van der Waals surface area contributed by atoms with E-state index in [4.69, 9.17) is 5.73 Å². The molecule has 0 spiro atoms. The number of nitrogens with two attached hydrogens (primary N) is 1. The molecule has 5 nitrogen and oxygen atoms in total. The van der Waals surface area contributed by atoms with Gasteiger partial charge < -0.3 is 16.0 Å². The minimum atomic E-state index is 0.0488. The van der Waals surface area contributed by atoms with Gasteiger partial charge in [0, 0.05) is 18.8 Å². The molecule has 1 aromatic rings. The summed E-state index contributed by atoms with van der Waals surface area (Å²) >= 11 is 0. The number of aliphatic imine (C=N–C) groups is 1. The van der Waals surface area contributed by atoms with Gasteiger partial charge in [0.1, 0.15) is 6.54 Å². The van der Waals surface area contributed by atoms with Gasteiger partial charge in [0.2, 0.25) is 5.91 Å². The number of hydrogen-bond donors (Lipinski definition) is 2. The first-order valence-corrected chi connectivity index (χ1v) is 6.97. The third kappa shape index (κ3) is 3.98. The minimum Gasteiger partial charge on any atom is -0.370 e. The van der Waals surface area contributed by atoms with Crippen LogP contribution < -0.4 is 11.1 Å². The normalized spacial score (nSPS) is 15.5. The van der Waals surface area contributed by atoms with Crippen LogP contribution in [0.2, 0.25) is 0 Å². The van der Waals surface area contributed by atoms with Crippen molar-refractivity contribution in [1.29, 1.82) is 0 Å². The van der Waals surface area contributed by atoms with E-state index in [1.165, 1.54) is 0 Å². The number of nitrogens with one attached hydrogen (secondary N) is 1. The van der Waals surface area contributed by atoms with Crippen LogP contribution in [0.5, 0.6) is 0 Å². The summed E-state index contributed by atoms with van der Waals surface area (Å²) in [6.07, 6.45) is 2.18. The summed E-state index contributed by atoms with van der Waals surface area (Å²) in [7, 11) is 0. The molecule has 1 aromatic carbocycles. The van der Waals surface area contributed by atoms with Crippen molar-refractivity contribution in [3.8, 4) is 0 Å². The third-order valence-corrected chi connectivity index (χ3v) is 3.34. The summed E-state index contributed by atoms with van der Waals surface area (Å²) in [6, 6.07) is 6.09. The van der Waals surface area contributed by atoms with Crippen LogP contribution in [0.3, 0.4) is 0 Å². The highest BCUT2D eigenvalue weighted by Crippen LogP contribution is 2.13. The zero-order chi connectivity index (χ0) is 14.5. The zero-order valence-electron chi connectivity index (χ0n) is 12.1. The van der Waals surface area contributed by atoms with Crippen molar-refractivity contribution in [1.82, 2.24) is 4.90 Å². The number of amides is 1. The number of rotatable bonds is 3. The molecule has 1 aliphatic rings. The Balaban J connectivity index is 1.91. The number of carbonyl (C=O) groups excluding carboxylic acids is 1. The van der Waals surface area contributed by atoms with Gasteiger partial charge in [-0.05, 0) is 49.9 Å². The maximum Gasteiger partial charge on any atom is 0.244 e. The molecule has 1 heterocycles. The number of nitrogens with zero attached hydrogens (tertiary/aromatic N) is 2. The van der Waals surface area contributed by atoms with Gasteiger partial charge in [0.25, 0.3) is 0 Å². The van der Waals surface area contributed by atoms with E-state index < -0.39 is 0 Å². The Morgan fingerprint density at radius 2 is 1.85 bits per heavy atom. The summed E-state index contributed by atoms with van der Waals surface area (Å²) in [5.41, 5.74) is 9.04. The summed E-state index contributed by atoms with van der Waals surface area (Å²) in [4.78, 5) is 17.8. The van der Waals surface area contributed by atoms with Crippen molar-refractivity contribution in [3.05, 3.63) is 29.3 Å². The van der Waals surface area contributed by atoms with E-state index >= 15 is 0 Å². The fourth-order valence-corrected chi connectivity index (χ4v) is 2.45. The van der Waals surface area contributed by atoms with Crippen molar-refractivity contribution in [2.45, 2.75) is 26.7 Å². The summed E-state index contributed by atoms with van der Waals surface area (Å²) < 4.78 is 0. The molecule has 0 saturated carbocycles. The van der Waals surface area contributed by atoms with E-state index in [0.29, 0.717) is 0 Å². The maximum atomic E-state index is 11.8. The molecule has 1 amide bonds. The fraction of sp³-hybridized carbons (Fsp3) is 0.467. The number of aryl methyl sites for hydroxylation is 2. The van der Waals surface area contributed by atoms with E-state index in [0.717, 1.165) is 42.7 Å². The van der Waals surface area contributed by atoms with E-state index in [2.05, 4.69) is 16.4 Å². The molecule has 0 aliphatic carbocycles. The minimum absolute atomic E-state index is 0.0488. The average Bonchev–Trinajstić information content (AvgIpc) is 2.88. The Morgan fingerprint density at radius 1 is 1.25 bits per heavy atom. The molecule has 0 radical (unpaired) electrons. The number of likely N-dealkylation sites (tertiary alicyclic amines) is 1. The topological polar surface area (TPSA) is 70.7 Å². The number of benzene rings is 1. The Kier molecular flexibility index (Phi) is 4.61. The van der Waals surface area contributed by atoms with Gasteiger partial charge in [-0.2, -0.15) is 0 Å². The predicted octanol–water partition coefficient (Wildman–Crippen LogP) is 1.65. The number of carbonyl (C=O) groups is 1. The van der Waals surface area contributed by atoms with Crippen molar-refractivity contribution in [2.75, 3.05) is 25.0 Å². The van der Waals surface area contributed by atoms with Crippen molar-refractivity contribution in [2.24, 2.45) is 10.7 Å². The molecule has 1 aliphatic heterocycles. The van der Waals surface area contributed by atoms with Gasteiger partial charge in [0.05, 0.1) is 0 Å². The van der Waals surface area contributed by atoms with Gasteiger partial charge in [-0.3, -0.25) is 4.79 Å². The fourth-order valence-electron chi connectivity index (χ4n) is 2.45. The Morgan fingerprint density at radius 3 is 2.45 bits per heavy atom. The molecule has 3 N–H and O–H groups in total. The second-order valence-electron chi connectivity index (χ2n) is 5.29. The molecule has 5 heteroatoms. The van der Waals surface area contributed by atoms with Crippen LogP contribution in [-0.2, 0) is 4.79 Å². The van der Waals surface area contributed by atoms with Gasteiger partial charge in [0.15, 0.2) is 5.96 Å². The lowest BCUT2D eigenvalue weighted by Gasteiger charge is -2.13. The summed E-state index contributed by atoms with van der Waals surface area (Å²) in [5.74, 6) is 0.329. The Labute approximate surface area is 119 Å². The summed E-state index contributed by atoms with van der Waals surface area (Å²) in [6.45, 7) is 5.87. The first-order chi connectivity index (χ1) is 9.54. The van der Waals surface area contributed by atoms with Crippen LogP contribution in [0.15, 0.2) is 23.2 Å². The number of hydrogen-bond acceptors (Lipinski definition) is 2. The third-order valence-electron chi connectivity index (χ3n) is 3.34. The molecule has 0 atom stereocenters. The maximum absolute atomic E-state index is 11.8. The van der Waals surface area contributed by atoms with Gasteiger partial charge in [-0.15, -0.1) is 0 Å². The molecule has 108 valence electrons. The second-order valence-corrected chi connectivity index (χ2v) is 5.29. The van der Waals surface area contributed by atoms with Crippen LogP contribution in [-0.4, -0.2) is 36.4 Å². The molecule has 1 saturated heterocycles. The molecule has 0 aromatic heterocycles. The lowest BCUT2D eigenvalue weighted by atomic mass is 10.1. The van der Waals surface area contributed by atoms with Crippen LogP contribution in [0, 0.1) is 13.8 Å². The van der Waals surface area contributed by atoms with Gasteiger partial charge in [-0.25, -0.2) is 4.99 Å². The Hall–Kier alpha value is -2.04. The predicted molar refractivity (Wildman–Crippen MR) is 81.8 cm³/mol. The van der Waals surface area contributed by atoms with Crippen molar-refractivity contribution < 1.29 is 4.79 Å². The van der Waals surface area contributed by atoms with E-state index in [1.807, 2.05) is 30.9 Å². The average molecular weight is 274 g/mol. The quantitative estimate of drug-likeness (QED) is 0.650. The van der Waals surface area contributed by atoms with Crippen LogP contribution >= 0.6 is 0 Å². The monoisotopic (exact) mass is 274 g/mol. The van der Waals surface area contributed by atoms with Crippen molar-refractivity contribution in [3.63, 3.8) is 0 Å². The van der Waals surface area contributed by atoms with Crippen LogP contribution in [0.25, 0.3) is 0 Å². The Bertz CT molecular complexity index is 498. The van der Waals surface area contributed by atoms with Crippen LogP contribution in [0.1, 0.15) is 24.0 Å². The lowest BCUT2D eigenvalue weighted by Crippen LogP contribution is -2.31. The molecule has 20 heavy (non-hydrogen) atoms. The highest BCUT2D eigenvalue weighted by atomic mass is 16.2. The van der Waals surface area contributed by atoms with Crippen LogP contribution in [0.4, 0.5) is 5.69 Å². The van der Waals surface area contributed by atoms with Gasteiger partial charge >= 0.3 is 0 Å². The molecule has 2 rings (SSSR count). The first-order valence-electron chi connectivity index (χ1n) is 6.97. The zero-order valence-corrected chi connectivity index (χ0v) is 12.1. The SMILES string of the molecule is Cc1cc(C)cc(NC(N)=NCC(=O)N2CCCC2)c1.